The van der Waals surface area contributed by atoms with Gasteiger partial charge < -0.3 is 9.47 Å². The lowest BCUT2D eigenvalue weighted by Gasteiger charge is -2.39. The highest BCUT2D eigenvalue weighted by Crippen LogP contribution is 2.34. The molecule has 0 atom stereocenters. The van der Waals surface area contributed by atoms with Gasteiger partial charge in [-0.2, -0.15) is 0 Å². The molecule has 0 aliphatic carbocycles. The molecule has 0 saturated carbocycles. The summed E-state index contributed by atoms with van der Waals surface area (Å²) in [4.78, 5) is 14.7. The van der Waals surface area contributed by atoms with E-state index >= 15 is 0 Å². The summed E-state index contributed by atoms with van der Waals surface area (Å²) in [6.45, 7) is 4.59. The molecule has 2 aromatic carbocycles. The minimum absolute atomic E-state index is 0.102. The van der Waals surface area contributed by atoms with Crippen molar-refractivity contribution in [2.45, 2.75) is 43.1 Å². The highest BCUT2D eigenvalue weighted by Gasteiger charge is 2.51. The van der Waals surface area contributed by atoms with Crippen LogP contribution in [0.3, 0.4) is 0 Å². The second kappa shape index (κ2) is 12.2. The molecular formula is C25H34N2O6S. The molecule has 1 aliphatic rings. The number of carbonyl (C=O) groups is 1. The number of likely N-dealkylation sites (tertiary alicyclic amines) is 1. The standard InChI is InChI=1S/C25H34N2O6S/c1-2-3-18-32-23-11-9-21(10-12-23)20-34(30,31)25(24(28)26-29)13-15-27(16-14-25)17-19-33-22-7-5-4-6-8-22/h4-12,29H,2-3,13-20H2,1H3,(H,26,28). The molecule has 9 heteroatoms. The number of nitrogens with zero attached hydrogens (tertiary/aromatic N) is 1. The Hall–Kier alpha value is -2.62. The number of sulfone groups is 1. The number of rotatable bonds is 12. The van der Waals surface area contributed by atoms with Gasteiger partial charge in [0.05, 0.1) is 12.4 Å². The largest absolute Gasteiger partial charge is 0.494 e. The summed E-state index contributed by atoms with van der Waals surface area (Å²) in [5.74, 6) is 0.306. The van der Waals surface area contributed by atoms with Crippen molar-refractivity contribution in [2.75, 3.05) is 32.8 Å². The molecule has 0 unspecified atom stereocenters. The first-order chi connectivity index (χ1) is 16.4. The van der Waals surface area contributed by atoms with Crippen LogP contribution in [0.25, 0.3) is 0 Å². The van der Waals surface area contributed by atoms with Crippen molar-refractivity contribution in [3.63, 3.8) is 0 Å². The maximum atomic E-state index is 13.4. The van der Waals surface area contributed by atoms with Crippen LogP contribution in [0.15, 0.2) is 54.6 Å². The summed E-state index contributed by atoms with van der Waals surface area (Å²) >= 11 is 0. The van der Waals surface area contributed by atoms with Gasteiger partial charge in [0.2, 0.25) is 0 Å². The Balaban J connectivity index is 1.61. The van der Waals surface area contributed by atoms with E-state index in [2.05, 4.69) is 11.8 Å². The number of unbranched alkanes of at least 4 members (excludes halogenated alkanes) is 1. The topological polar surface area (TPSA) is 105 Å². The van der Waals surface area contributed by atoms with Crippen molar-refractivity contribution in [2.24, 2.45) is 0 Å². The molecule has 1 fully saturated rings. The minimum atomic E-state index is -3.90. The lowest BCUT2D eigenvalue weighted by Crippen LogP contribution is -2.58. The molecule has 0 spiro atoms. The van der Waals surface area contributed by atoms with Crippen LogP contribution in [-0.2, 0) is 20.4 Å². The van der Waals surface area contributed by atoms with Crippen LogP contribution in [0.1, 0.15) is 38.2 Å². The number of para-hydroxylation sites is 1. The van der Waals surface area contributed by atoms with E-state index in [0.29, 0.717) is 44.2 Å². The number of nitrogens with one attached hydrogen (secondary N) is 1. The fourth-order valence-electron chi connectivity index (χ4n) is 4.10. The Morgan fingerprint density at radius 1 is 1.00 bits per heavy atom. The van der Waals surface area contributed by atoms with E-state index in [1.165, 1.54) is 0 Å². The summed E-state index contributed by atoms with van der Waals surface area (Å²) in [6, 6.07) is 16.4. The highest BCUT2D eigenvalue weighted by atomic mass is 32.2. The lowest BCUT2D eigenvalue weighted by atomic mass is 9.95. The van der Waals surface area contributed by atoms with Crippen molar-refractivity contribution < 1.29 is 27.9 Å². The highest BCUT2D eigenvalue weighted by molar-refractivity contribution is 7.92. The van der Waals surface area contributed by atoms with Crippen molar-refractivity contribution >= 4 is 15.7 Å². The molecule has 0 bridgehead atoms. The molecule has 0 aromatic heterocycles. The SMILES string of the molecule is CCCCOc1ccc(CS(=O)(=O)C2(C(=O)NO)CCN(CCOc3ccccc3)CC2)cc1. The maximum Gasteiger partial charge on any atom is 0.264 e. The van der Waals surface area contributed by atoms with E-state index in [0.717, 1.165) is 18.6 Å². The van der Waals surface area contributed by atoms with Gasteiger partial charge in [-0.1, -0.05) is 43.7 Å². The van der Waals surface area contributed by atoms with Crippen LogP contribution in [0.5, 0.6) is 11.5 Å². The Morgan fingerprint density at radius 2 is 1.62 bits per heavy atom. The van der Waals surface area contributed by atoms with Crippen molar-refractivity contribution in [1.29, 1.82) is 0 Å². The Kier molecular flexibility index (Phi) is 9.32. The molecule has 1 amide bonds. The molecule has 186 valence electrons. The van der Waals surface area contributed by atoms with E-state index in [1.54, 1.807) is 29.7 Å². The Bertz CT molecular complexity index is 1000. The number of benzene rings is 2. The third-order valence-electron chi connectivity index (χ3n) is 6.24. The molecule has 2 N–H and O–H groups in total. The lowest BCUT2D eigenvalue weighted by molar-refractivity contribution is -0.133. The van der Waals surface area contributed by atoms with Crippen LogP contribution in [-0.4, -0.2) is 62.0 Å². The first kappa shape index (κ1) is 26.0. The number of hydrogen-bond donors (Lipinski definition) is 2. The van der Waals surface area contributed by atoms with E-state index in [4.69, 9.17) is 9.47 Å². The first-order valence-electron chi connectivity index (χ1n) is 11.7. The summed E-state index contributed by atoms with van der Waals surface area (Å²) in [5.41, 5.74) is 2.18. The van der Waals surface area contributed by atoms with E-state index in [1.807, 2.05) is 30.3 Å². The maximum absolute atomic E-state index is 13.4. The Labute approximate surface area is 201 Å². The zero-order valence-corrected chi connectivity index (χ0v) is 20.4. The molecule has 8 nitrogen and oxygen atoms in total. The zero-order chi connectivity index (χ0) is 24.4. The van der Waals surface area contributed by atoms with Gasteiger partial charge in [-0.25, -0.2) is 13.9 Å². The van der Waals surface area contributed by atoms with Gasteiger partial charge in [0.1, 0.15) is 18.1 Å². The van der Waals surface area contributed by atoms with Gasteiger partial charge >= 0.3 is 0 Å². The first-order valence-corrected chi connectivity index (χ1v) is 13.3. The van der Waals surface area contributed by atoms with Gasteiger partial charge in [0.15, 0.2) is 14.6 Å². The summed E-state index contributed by atoms with van der Waals surface area (Å²) < 4.78 is 36.6. The fourth-order valence-corrected chi connectivity index (χ4v) is 6.14. The van der Waals surface area contributed by atoms with Gasteiger partial charge in [-0.05, 0) is 49.1 Å². The second-order valence-corrected chi connectivity index (χ2v) is 10.8. The number of carbonyl (C=O) groups excluding carboxylic acids is 1. The Morgan fingerprint density at radius 3 is 2.24 bits per heavy atom. The van der Waals surface area contributed by atoms with Gasteiger partial charge in [0.25, 0.3) is 5.91 Å². The second-order valence-electron chi connectivity index (χ2n) is 8.54. The van der Waals surface area contributed by atoms with Crippen molar-refractivity contribution in [3.05, 3.63) is 60.2 Å². The fraction of sp³-hybridized carbons (Fsp3) is 0.480. The van der Waals surface area contributed by atoms with Gasteiger partial charge in [0, 0.05) is 19.6 Å². The zero-order valence-electron chi connectivity index (χ0n) is 19.6. The van der Waals surface area contributed by atoms with E-state index in [9.17, 15) is 18.4 Å². The quantitative estimate of drug-likeness (QED) is 0.267. The average molecular weight is 491 g/mol. The normalized spacial score (nSPS) is 16.1. The van der Waals surface area contributed by atoms with Crippen LogP contribution < -0.4 is 15.0 Å². The van der Waals surface area contributed by atoms with Crippen LogP contribution in [0.4, 0.5) is 0 Å². The molecule has 1 aliphatic heterocycles. The van der Waals surface area contributed by atoms with Crippen molar-refractivity contribution in [1.82, 2.24) is 10.4 Å². The van der Waals surface area contributed by atoms with Gasteiger partial charge in [-0.3, -0.25) is 14.9 Å². The van der Waals surface area contributed by atoms with Gasteiger partial charge in [-0.15, -0.1) is 0 Å². The molecule has 1 saturated heterocycles. The molecule has 34 heavy (non-hydrogen) atoms. The molecule has 3 rings (SSSR count). The third kappa shape index (κ3) is 6.49. The number of amides is 1. The number of hydroxylamine groups is 1. The number of piperidine rings is 1. The third-order valence-corrected chi connectivity index (χ3v) is 8.74. The molecule has 0 radical (unpaired) electrons. The van der Waals surface area contributed by atoms with Crippen LogP contribution in [0, 0.1) is 0 Å². The average Bonchev–Trinajstić information content (AvgIpc) is 2.85. The van der Waals surface area contributed by atoms with E-state index in [-0.39, 0.29) is 18.6 Å². The molecule has 1 heterocycles. The summed E-state index contributed by atoms with van der Waals surface area (Å²) in [6.07, 6.45) is 2.18. The predicted octanol–water partition coefficient (Wildman–Crippen LogP) is 3.20. The molecular weight excluding hydrogens is 456 g/mol. The summed E-state index contributed by atoms with van der Waals surface area (Å²) in [5, 5.41) is 9.34. The van der Waals surface area contributed by atoms with Crippen LogP contribution >= 0.6 is 0 Å². The predicted molar refractivity (Wildman–Crippen MR) is 130 cm³/mol. The van der Waals surface area contributed by atoms with Crippen molar-refractivity contribution in [3.8, 4) is 11.5 Å². The number of ether oxygens (including phenoxy) is 2. The monoisotopic (exact) mass is 490 g/mol. The van der Waals surface area contributed by atoms with Crippen LogP contribution in [0.2, 0.25) is 0 Å². The summed E-state index contributed by atoms with van der Waals surface area (Å²) in [7, 11) is -3.90. The minimum Gasteiger partial charge on any atom is -0.494 e. The number of hydrogen-bond acceptors (Lipinski definition) is 7. The van der Waals surface area contributed by atoms with E-state index < -0.39 is 20.5 Å². The molecule has 2 aromatic rings. The smallest absolute Gasteiger partial charge is 0.264 e.